The monoisotopic (exact) mass is 390 g/mol. The van der Waals surface area contributed by atoms with Crippen LogP contribution in [0, 0.1) is 0 Å². The van der Waals surface area contributed by atoms with Gasteiger partial charge < -0.3 is 20.1 Å². The van der Waals surface area contributed by atoms with Gasteiger partial charge in [-0.2, -0.15) is 0 Å². The number of carbonyl (C=O) groups is 2. The summed E-state index contributed by atoms with van der Waals surface area (Å²) < 4.78 is 10.7. The van der Waals surface area contributed by atoms with Crippen molar-refractivity contribution >= 4 is 23.2 Å². The molecule has 0 aliphatic carbocycles. The van der Waals surface area contributed by atoms with E-state index in [2.05, 4.69) is 20.8 Å². The summed E-state index contributed by atoms with van der Waals surface area (Å²) in [6.07, 6.45) is 0. The van der Waals surface area contributed by atoms with E-state index < -0.39 is 5.91 Å². The van der Waals surface area contributed by atoms with Crippen LogP contribution in [0.1, 0.15) is 33.3 Å². The maximum atomic E-state index is 12.3. The lowest BCUT2D eigenvalue weighted by molar-refractivity contribution is 0.100. The van der Waals surface area contributed by atoms with Gasteiger partial charge in [0, 0.05) is 17.8 Å². The molecule has 2 N–H and O–H groups in total. The van der Waals surface area contributed by atoms with Crippen LogP contribution < -0.4 is 20.1 Å². The number of fused-ring (bicyclic) bond motifs is 1. The van der Waals surface area contributed by atoms with Crippen molar-refractivity contribution < 1.29 is 19.1 Å². The lowest BCUT2D eigenvalue weighted by Crippen LogP contribution is -2.15. The molecular formula is C21H18N4O4. The summed E-state index contributed by atoms with van der Waals surface area (Å²) in [6, 6.07) is 15.7. The molecule has 0 bridgehead atoms. The summed E-state index contributed by atoms with van der Waals surface area (Å²) >= 11 is 0. The van der Waals surface area contributed by atoms with Crippen LogP contribution in [0.5, 0.6) is 11.5 Å². The third-order valence-corrected chi connectivity index (χ3v) is 4.33. The van der Waals surface area contributed by atoms with Gasteiger partial charge in [0.15, 0.2) is 23.0 Å². The fourth-order valence-electron chi connectivity index (χ4n) is 2.80. The van der Waals surface area contributed by atoms with Gasteiger partial charge in [0.25, 0.3) is 5.91 Å². The van der Waals surface area contributed by atoms with Crippen LogP contribution in [0.3, 0.4) is 0 Å². The van der Waals surface area contributed by atoms with Crippen molar-refractivity contribution in [1.29, 1.82) is 0 Å². The zero-order valence-electron chi connectivity index (χ0n) is 15.6. The lowest BCUT2D eigenvalue weighted by atomic mass is 10.1. The van der Waals surface area contributed by atoms with Crippen LogP contribution in [0.15, 0.2) is 54.6 Å². The minimum Gasteiger partial charge on any atom is -0.454 e. The molecule has 1 aromatic heterocycles. The van der Waals surface area contributed by atoms with Crippen LogP contribution in [-0.2, 0) is 6.54 Å². The standard InChI is InChI=1S/C21H18N4O4/c1-13(26)15-3-2-4-16(10-15)23-21(27)17-6-8-20(25-24-17)22-11-14-5-7-18-19(9-14)29-12-28-18/h2-10H,11-12H2,1H3,(H,22,25)(H,23,27). The number of nitrogens with one attached hydrogen (secondary N) is 2. The Morgan fingerprint density at radius 2 is 1.86 bits per heavy atom. The molecule has 29 heavy (non-hydrogen) atoms. The molecule has 8 nitrogen and oxygen atoms in total. The SMILES string of the molecule is CC(=O)c1cccc(NC(=O)c2ccc(NCc3ccc4c(c3)OCO4)nn2)c1. The molecule has 0 radical (unpaired) electrons. The Labute approximate surface area is 166 Å². The van der Waals surface area contributed by atoms with Crippen LogP contribution >= 0.6 is 0 Å². The number of Topliss-reactive ketones (excluding diaryl/α,β-unsaturated/α-hetero) is 1. The van der Waals surface area contributed by atoms with E-state index >= 15 is 0 Å². The molecule has 4 rings (SSSR count). The Bertz CT molecular complexity index is 1070. The van der Waals surface area contributed by atoms with Crippen molar-refractivity contribution in [3.8, 4) is 11.5 Å². The number of carbonyl (C=O) groups excluding carboxylic acids is 2. The Morgan fingerprint density at radius 1 is 1.00 bits per heavy atom. The zero-order chi connectivity index (χ0) is 20.2. The van der Waals surface area contributed by atoms with Crippen molar-refractivity contribution in [2.45, 2.75) is 13.5 Å². The van der Waals surface area contributed by atoms with Gasteiger partial charge >= 0.3 is 0 Å². The third-order valence-electron chi connectivity index (χ3n) is 4.33. The molecule has 2 heterocycles. The number of nitrogens with zero attached hydrogens (tertiary/aromatic N) is 2. The summed E-state index contributed by atoms with van der Waals surface area (Å²) in [5, 5.41) is 13.9. The molecule has 0 saturated heterocycles. The molecule has 0 atom stereocenters. The molecule has 1 amide bonds. The largest absolute Gasteiger partial charge is 0.454 e. The highest BCUT2D eigenvalue weighted by Gasteiger charge is 2.13. The number of rotatable bonds is 6. The fourth-order valence-corrected chi connectivity index (χ4v) is 2.80. The van der Waals surface area contributed by atoms with E-state index in [0.29, 0.717) is 23.6 Å². The van der Waals surface area contributed by atoms with Crippen molar-refractivity contribution in [2.75, 3.05) is 17.4 Å². The van der Waals surface area contributed by atoms with E-state index in [1.807, 2.05) is 18.2 Å². The first-order chi connectivity index (χ1) is 14.1. The van der Waals surface area contributed by atoms with E-state index in [0.717, 1.165) is 17.1 Å². The van der Waals surface area contributed by atoms with Gasteiger partial charge in [0.1, 0.15) is 5.82 Å². The quantitative estimate of drug-likeness (QED) is 0.623. The molecular weight excluding hydrogens is 372 g/mol. The van der Waals surface area contributed by atoms with E-state index in [1.54, 1.807) is 36.4 Å². The average Bonchev–Trinajstić information content (AvgIpc) is 3.20. The van der Waals surface area contributed by atoms with Gasteiger partial charge in [-0.25, -0.2) is 0 Å². The molecule has 8 heteroatoms. The van der Waals surface area contributed by atoms with Crippen LogP contribution in [0.2, 0.25) is 0 Å². The number of aromatic nitrogens is 2. The predicted molar refractivity (Wildman–Crippen MR) is 106 cm³/mol. The molecule has 0 saturated carbocycles. The van der Waals surface area contributed by atoms with Gasteiger partial charge in [-0.1, -0.05) is 18.2 Å². The Balaban J connectivity index is 1.36. The normalized spacial score (nSPS) is 11.8. The number of hydrogen-bond donors (Lipinski definition) is 2. The molecule has 0 fully saturated rings. The van der Waals surface area contributed by atoms with Gasteiger partial charge in [0.05, 0.1) is 0 Å². The minimum absolute atomic E-state index is 0.0706. The number of anilines is 2. The zero-order valence-corrected chi connectivity index (χ0v) is 15.6. The van der Waals surface area contributed by atoms with E-state index in [9.17, 15) is 9.59 Å². The van der Waals surface area contributed by atoms with Gasteiger partial charge in [-0.15, -0.1) is 10.2 Å². The first-order valence-electron chi connectivity index (χ1n) is 8.97. The van der Waals surface area contributed by atoms with Crippen LogP contribution in [0.25, 0.3) is 0 Å². The van der Waals surface area contributed by atoms with Crippen molar-refractivity contribution in [1.82, 2.24) is 10.2 Å². The summed E-state index contributed by atoms with van der Waals surface area (Å²) in [6.45, 7) is 2.23. The number of ketones is 1. The highest BCUT2D eigenvalue weighted by atomic mass is 16.7. The molecule has 1 aliphatic heterocycles. The fraction of sp³-hybridized carbons (Fsp3) is 0.143. The Kier molecular flexibility index (Phi) is 5.07. The molecule has 0 spiro atoms. The smallest absolute Gasteiger partial charge is 0.276 e. The first-order valence-corrected chi connectivity index (χ1v) is 8.97. The number of amides is 1. The summed E-state index contributed by atoms with van der Waals surface area (Å²) in [4.78, 5) is 23.8. The maximum absolute atomic E-state index is 12.3. The van der Waals surface area contributed by atoms with Crippen molar-refractivity contribution in [3.63, 3.8) is 0 Å². The topological polar surface area (TPSA) is 102 Å². The first kappa shape index (κ1) is 18.4. The van der Waals surface area contributed by atoms with Crippen LogP contribution in [-0.4, -0.2) is 28.7 Å². The second-order valence-electron chi connectivity index (χ2n) is 6.44. The predicted octanol–water partition coefficient (Wildman–Crippen LogP) is 3.27. The number of hydrogen-bond acceptors (Lipinski definition) is 7. The van der Waals surface area contributed by atoms with E-state index in [1.165, 1.54) is 6.92 Å². The minimum atomic E-state index is -0.402. The molecule has 0 unspecified atom stereocenters. The highest BCUT2D eigenvalue weighted by molar-refractivity contribution is 6.03. The second kappa shape index (κ2) is 7.97. The second-order valence-corrected chi connectivity index (χ2v) is 6.44. The van der Waals surface area contributed by atoms with Gasteiger partial charge in [-0.3, -0.25) is 9.59 Å². The molecule has 2 aromatic carbocycles. The molecule has 3 aromatic rings. The maximum Gasteiger partial charge on any atom is 0.276 e. The third kappa shape index (κ3) is 4.32. The van der Waals surface area contributed by atoms with Crippen molar-refractivity contribution in [2.24, 2.45) is 0 Å². The number of ether oxygens (including phenoxy) is 2. The summed E-state index contributed by atoms with van der Waals surface area (Å²) in [5.41, 5.74) is 2.22. The number of benzene rings is 2. The Morgan fingerprint density at radius 3 is 2.66 bits per heavy atom. The van der Waals surface area contributed by atoms with Crippen molar-refractivity contribution in [3.05, 3.63) is 71.4 Å². The van der Waals surface area contributed by atoms with E-state index in [4.69, 9.17) is 9.47 Å². The lowest BCUT2D eigenvalue weighted by Gasteiger charge is -2.08. The van der Waals surface area contributed by atoms with E-state index in [-0.39, 0.29) is 18.3 Å². The highest BCUT2D eigenvalue weighted by Crippen LogP contribution is 2.32. The van der Waals surface area contributed by atoms with Crippen LogP contribution in [0.4, 0.5) is 11.5 Å². The average molecular weight is 390 g/mol. The Hall–Kier alpha value is -3.94. The molecule has 1 aliphatic rings. The summed E-state index contributed by atoms with van der Waals surface area (Å²) in [7, 11) is 0. The molecule has 146 valence electrons. The van der Waals surface area contributed by atoms with Gasteiger partial charge in [0.2, 0.25) is 6.79 Å². The summed E-state index contributed by atoms with van der Waals surface area (Å²) in [5.74, 6) is 1.52. The van der Waals surface area contributed by atoms with Gasteiger partial charge in [-0.05, 0) is 48.9 Å².